The van der Waals surface area contributed by atoms with Gasteiger partial charge in [-0.25, -0.2) is 0 Å². The second kappa shape index (κ2) is 9.73. The minimum Gasteiger partial charge on any atom is -0.294 e. The van der Waals surface area contributed by atoms with Crippen LogP contribution in [-0.2, 0) is 0 Å². The molecule has 1 fully saturated rings. The Bertz CT molecular complexity index is 1360. The first-order valence-corrected chi connectivity index (χ1v) is 12.4. The van der Waals surface area contributed by atoms with E-state index >= 15 is 0 Å². The standard InChI is InChI=1S/C32H29N3/c1-3-11-25(12-4-1)32(26-13-5-2-6-14-26)34-19-21-35(22-20-34)33-24-31-29-17-9-7-15-27(29)23-28-16-8-10-18-30(28)31/h1-18,23-24,32H,19-22H2. The third-order valence-electron chi connectivity index (χ3n) is 7.05. The van der Waals surface area contributed by atoms with E-state index < -0.39 is 0 Å². The highest BCUT2D eigenvalue weighted by Crippen LogP contribution is 2.30. The zero-order chi connectivity index (χ0) is 23.5. The van der Waals surface area contributed by atoms with Crippen molar-refractivity contribution >= 4 is 27.8 Å². The predicted octanol–water partition coefficient (Wildman–Crippen LogP) is 6.73. The molecule has 0 aliphatic carbocycles. The van der Waals surface area contributed by atoms with Gasteiger partial charge >= 0.3 is 0 Å². The van der Waals surface area contributed by atoms with Crippen molar-refractivity contribution in [3.05, 3.63) is 132 Å². The zero-order valence-electron chi connectivity index (χ0n) is 19.8. The van der Waals surface area contributed by atoms with Gasteiger partial charge in [-0.15, -0.1) is 0 Å². The van der Waals surface area contributed by atoms with Crippen LogP contribution in [0.2, 0.25) is 0 Å². The van der Waals surface area contributed by atoms with Gasteiger partial charge in [0.25, 0.3) is 0 Å². The number of nitrogens with zero attached hydrogens (tertiary/aromatic N) is 3. The van der Waals surface area contributed by atoms with E-state index in [9.17, 15) is 0 Å². The van der Waals surface area contributed by atoms with Gasteiger partial charge in [-0.1, -0.05) is 109 Å². The Morgan fingerprint density at radius 2 is 1.06 bits per heavy atom. The van der Waals surface area contributed by atoms with Crippen molar-refractivity contribution in [1.29, 1.82) is 0 Å². The van der Waals surface area contributed by atoms with E-state index in [0.29, 0.717) is 0 Å². The molecule has 0 N–H and O–H groups in total. The molecule has 1 aliphatic rings. The number of benzene rings is 5. The van der Waals surface area contributed by atoms with Gasteiger partial charge in [-0.05, 0) is 38.7 Å². The van der Waals surface area contributed by atoms with Gasteiger partial charge in [-0.3, -0.25) is 9.91 Å². The summed E-state index contributed by atoms with van der Waals surface area (Å²) in [4.78, 5) is 2.59. The summed E-state index contributed by atoms with van der Waals surface area (Å²) in [5.74, 6) is 0. The molecule has 5 aromatic rings. The lowest BCUT2D eigenvalue weighted by atomic mass is 9.96. The quantitative estimate of drug-likeness (QED) is 0.216. The number of hydrazone groups is 1. The van der Waals surface area contributed by atoms with Gasteiger partial charge in [0.2, 0.25) is 0 Å². The molecular weight excluding hydrogens is 426 g/mol. The van der Waals surface area contributed by atoms with Gasteiger partial charge < -0.3 is 0 Å². The Morgan fingerprint density at radius 3 is 1.60 bits per heavy atom. The van der Waals surface area contributed by atoms with Crippen LogP contribution in [0.25, 0.3) is 21.5 Å². The van der Waals surface area contributed by atoms with Crippen LogP contribution in [0, 0.1) is 0 Å². The highest BCUT2D eigenvalue weighted by Gasteiger charge is 2.25. The Kier molecular flexibility index (Phi) is 6.00. The van der Waals surface area contributed by atoms with Crippen LogP contribution in [0.15, 0.2) is 120 Å². The molecule has 35 heavy (non-hydrogen) atoms. The van der Waals surface area contributed by atoms with Crippen molar-refractivity contribution in [2.24, 2.45) is 5.10 Å². The Hall–Kier alpha value is -3.95. The summed E-state index contributed by atoms with van der Waals surface area (Å²) in [6.07, 6.45) is 2.08. The monoisotopic (exact) mass is 455 g/mol. The minimum absolute atomic E-state index is 0.269. The first kappa shape index (κ1) is 21.6. The van der Waals surface area contributed by atoms with Gasteiger partial charge in [0.15, 0.2) is 0 Å². The topological polar surface area (TPSA) is 18.8 Å². The Labute approximate surface area is 206 Å². The maximum absolute atomic E-state index is 4.97. The average molecular weight is 456 g/mol. The first-order chi connectivity index (χ1) is 17.4. The van der Waals surface area contributed by atoms with Gasteiger partial charge in [0.05, 0.1) is 12.3 Å². The molecule has 6 rings (SSSR count). The summed E-state index contributed by atoms with van der Waals surface area (Å²) in [5, 5.41) is 12.2. The fourth-order valence-corrected chi connectivity index (χ4v) is 5.30. The molecule has 5 aromatic carbocycles. The predicted molar refractivity (Wildman–Crippen MR) is 147 cm³/mol. The SMILES string of the molecule is C(=NN1CCN(C(c2ccccc2)c2ccccc2)CC1)c1c2ccccc2cc2ccccc12. The highest BCUT2D eigenvalue weighted by molar-refractivity contribution is 6.13. The number of rotatable bonds is 5. The molecule has 0 unspecified atom stereocenters. The summed E-state index contributed by atoms with van der Waals surface area (Å²) in [6, 6.07) is 41.5. The minimum atomic E-state index is 0.269. The van der Waals surface area contributed by atoms with Crippen LogP contribution in [0.1, 0.15) is 22.7 Å². The van der Waals surface area contributed by atoms with E-state index in [1.165, 1.54) is 38.2 Å². The van der Waals surface area contributed by atoms with Crippen LogP contribution in [0.5, 0.6) is 0 Å². The third kappa shape index (κ3) is 4.43. The zero-order valence-corrected chi connectivity index (χ0v) is 19.8. The van der Waals surface area contributed by atoms with Crippen molar-refractivity contribution < 1.29 is 0 Å². The molecule has 1 saturated heterocycles. The van der Waals surface area contributed by atoms with Gasteiger partial charge in [0, 0.05) is 31.7 Å². The molecule has 172 valence electrons. The van der Waals surface area contributed by atoms with E-state index in [2.05, 4.69) is 131 Å². The second-order valence-corrected chi connectivity index (χ2v) is 9.19. The molecule has 0 radical (unpaired) electrons. The molecule has 3 nitrogen and oxygen atoms in total. The van der Waals surface area contributed by atoms with Crippen LogP contribution in [0.4, 0.5) is 0 Å². The summed E-state index contributed by atoms with van der Waals surface area (Å²) < 4.78 is 0. The molecule has 0 spiro atoms. The van der Waals surface area contributed by atoms with Crippen LogP contribution in [-0.4, -0.2) is 42.3 Å². The van der Waals surface area contributed by atoms with Crippen LogP contribution in [0.3, 0.4) is 0 Å². The lowest BCUT2D eigenvalue weighted by molar-refractivity contribution is 0.113. The average Bonchev–Trinajstić information content (AvgIpc) is 2.93. The first-order valence-electron chi connectivity index (χ1n) is 12.4. The van der Waals surface area contributed by atoms with E-state index in [1.807, 2.05) is 0 Å². The van der Waals surface area contributed by atoms with Crippen LogP contribution >= 0.6 is 0 Å². The number of fused-ring (bicyclic) bond motifs is 2. The Morgan fingerprint density at radius 1 is 0.571 bits per heavy atom. The summed E-state index contributed by atoms with van der Waals surface area (Å²) in [5.41, 5.74) is 3.89. The molecule has 3 heteroatoms. The Balaban J connectivity index is 1.25. The summed E-state index contributed by atoms with van der Waals surface area (Å²) >= 11 is 0. The van der Waals surface area contributed by atoms with E-state index in [0.717, 1.165) is 26.2 Å². The third-order valence-corrected chi connectivity index (χ3v) is 7.05. The molecule has 0 aromatic heterocycles. The highest BCUT2D eigenvalue weighted by atomic mass is 15.5. The molecule has 0 saturated carbocycles. The molecule has 1 heterocycles. The number of piperazine rings is 1. The van der Waals surface area contributed by atoms with E-state index in [1.54, 1.807) is 0 Å². The second-order valence-electron chi connectivity index (χ2n) is 9.19. The largest absolute Gasteiger partial charge is 0.294 e. The van der Waals surface area contributed by atoms with E-state index in [4.69, 9.17) is 5.10 Å². The fourth-order valence-electron chi connectivity index (χ4n) is 5.30. The fraction of sp³-hybridized carbons (Fsp3) is 0.156. The molecule has 0 atom stereocenters. The van der Waals surface area contributed by atoms with Crippen LogP contribution < -0.4 is 0 Å². The van der Waals surface area contributed by atoms with Crippen molar-refractivity contribution in [3.63, 3.8) is 0 Å². The molecular formula is C32H29N3. The number of hydrogen-bond donors (Lipinski definition) is 0. The summed E-state index contributed by atoms with van der Waals surface area (Å²) in [7, 11) is 0. The van der Waals surface area contributed by atoms with Gasteiger partial charge in [-0.2, -0.15) is 5.10 Å². The van der Waals surface area contributed by atoms with Crippen molar-refractivity contribution in [2.45, 2.75) is 6.04 Å². The lowest BCUT2D eigenvalue weighted by Gasteiger charge is -2.38. The lowest BCUT2D eigenvalue weighted by Crippen LogP contribution is -2.45. The van der Waals surface area contributed by atoms with Crippen molar-refractivity contribution in [2.75, 3.05) is 26.2 Å². The normalized spacial score (nSPS) is 14.9. The van der Waals surface area contributed by atoms with Crippen molar-refractivity contribution in [3.8, 4) is 0 Å². The summed E-state index contributed by atoms with van der Waals surface area (Å²) in [6.45, 7) is 3.77. The number of hydrogen-bond acceptors (Lipinski definition) is 3. The van der Waals surface area contributed by atoms with Crippen molar-refractivity contribution in [1.82, 2.24) is 9.91 Å². The maximum Gasteiger partial charge on any atom is 0.0603 e. The van der Waals surface area contributed by atoms with Gasteiger partial charge in [0.1, 0.15) is 0 Å². The molecule has 1 aliphatic heterocycles. The smallest absolute Gasteiger partial charge is 0.0603 e. The maximum atomic E-state index is 4.97. The van der Waals surface area contributed by atoms with E-state index in [-0.39, 0.29) is 6.04 Å². The molecule has 0 bridgehead atoms. The molecule has 0 amide bonds.